The van der Waals surface area contributed by atoms with Crippen molar-refractivity contribution in [3.05, 3.63) is 107 Å². The van der Waals surface area contributed by atoms with Crippen molar-refractivity contribution in [2.75, 3.05) is 50.1 Å². The third kappa shape index (κ3) is 2.12. The highest BCUT2D eigenvalue weighted by atomic mass is 16.6. The van der Waals surface area contributed by atoms with Crippen LogP contribution in [0.3, 0.4) is 0 Å². The van der Waals surface area contributed by atoms with Gasteiger partial charge in [-0.15, -0.1) is 0 Å². The minimum absolute atomic E-state index is 0.0640. The molecule has 4 unspecified atom stereocenters. The molecular formula is C40H44N4O+2. The summed E-state index contributed by atoms with van der Waals surface area (Å²) in [5.41, 5.74) is 11.1. The lowest BCUT2D eigenvalue weighted by molar-refractivity contribution is -0.925. The molecular weight excluding hydrogens is 552 g/mol. The van der Waals surface area contributed by atoms with E-state index in [9.17, 15) is 0 Å². The smallest absolute Gasteiger partial charge is 0.188 e. The quantitative estimate of drug-likeness (QED) is 0.270. The second kappa shape index (κ2) is 7.07. The highest BCUT2D eigenvalue weighted by Gasteiger charge is 2.88. The van der Waals surface area contributed by atoms with Gasteiger partial charge in [-0.05, 0) is 48.3 Å². The summed E-state index contributed by atoms with van der Waals surface area (Å²) in [6, 6.07) is 20.1. The first-order chi connectivity index (χ1) is 21.8. The van der Waals surface area contributed by atoms with E-state index in [-0.39, 0.29) is 10.8 Å². The van der Waals surface area contributed by atoms with Crippen molar-refractivity contribution in [2.24, 2.45) is 11.8 Å². The third-order valence-electron chi connectivity index (χ3n) is 15.9. The van der Waals surface area contributed by atoms with E-state index in [2.05, 4.69) is 111 Å². The molecule has 228 valence electrons. The van der Waals surface area contributed by atoms with Crippen molar-refractivity contribution < 1.29 is 13.7 Å². The molecule has 2 saturated carbocycles. The Morgan fingerprint density at radius 1 is 0.689 bits per heavy atom. The number of anilines is 2. The minimum atomic E-state index is -0.502. The van der Waals surface area contributed by atoms with Gasteiger partial charge in [0.15, 0.2) is 11.4 Å². The molecule has 10 atom stereocenters. The molecule has 0 amide bonds. The Labute approximate surface area is 266 Å². The van der Waals surface area contributed by atoms with Crippen LogP contribution in [0.25, 0.3) is 0 Å². The lowest BCUT2D eigenvalue weighted by atomic mass is 9.51. The normalized spacial score (nSPS) is 51.1. The van der Waals surface area contributed by atoms with E-state index < -0.39 is 11.4 Å². The van der Waals surface area contributed by atoms with Crippen molar-refractivity contribution in [3.63, 3.8) is 0 Å². The topological polar surface area (TPSA) is 15.7 Å². The second-order valence-electron chi connectivity index (χ2n) is 16.8. The van der Waals surface area contributed by atoms with Gasteiger partial charge in [-0.25, -0.2) is 0 Å². The van der Waals surface area contributed by atoms with Crippen molar-refractivity contribution in [1.29, 1.82) is 0 Å². The van der Waals surface area contributed by atoms with Crippen LogP contribution in [-0.4, -0.2) is 72.8 Å². The van der Waals surface area contributed by atoms with E-state index in [1.807, 2.05) is 0 Å². The van der Waals surface area contributed by atoms with Gasteiger partial charge in [0.25, 0.3) is 0 Å². The van der Waals surface area contributed by atoms with Gasteiger partial charge in [0.05, 0.1) is 27.2 Å². The number of fused-ring (bicyclic) bond motifs is 8. The van der Waals surface area contributed by atoms with E-state index in [1.165, 1.54) is 74.4 Å². The first kappa shape index (κ1) is 25.0. The predicted octanol–water partition coefficient (Wildman–Crippen LogP) is 6.10. The molecule has 4 spiro atoms. The summed E-state index contributed by atoms with van der Waals surface area (Å²) in [4.78, 5) is 5.48. The number of allylic oxidation sites excluding steroid dienone is 2. The Kier molecular flexibility index (Phi) is 3.93. The average molecular weight is 597 g/mol. The Bertz CT molecular complexity index is 1800. The number of para-hydroxylation sites is 2. The van der Waals surface area contributed by atoms with Gasteiger partial charge in [0.1, 0.15) is 36.0 Å². The van der Waals surface area contributed by atoms with Crippen LogP contribution < -0.4 is 9.80 Å². The second-order valence-corrected chi connectivity index (χ2v) is 16.8. The molecule has 6 bridgehead atoms. The summed E-state index contributed by atoms with van der Waals surface area (Å²) in [5.74, 6) is 0.841. The van der Waals surface area contributed by atoms with E-state index in [0.717, 1.165) is 8.97 Å². The summed E-state index contributed by atoms with van der Waals surface area (Å²) in [6.07, 6.45) is 15.2. The van der Waals surface area contributed by atoms with Crippen LogP contribution in [0.4, 0.5) is 11.4 Å². The molecule has 2 aliphatic carbocycles. The first-order valence-corrected chi connectivity index (χ1v) is 17.7. The number of hydrogen-bond donors (Lipinski definition) is 0. The van der Waals surface area contributed by atoms with Crippen LogP contribution in [0, 0.1) is 11.8 Å². The highest BCUT2D eigenvalue weighted by molar-refractivity contribution is 5.82. The fourth-order valence-electron chi connectivity index (χ4n) is 14.4. The largest absolute Gasteiger partial charge is 0.319 e. The molecule has 2 aromatic carbocycles. The Morgan fingerprint density at radius 3 is 1.58 bits per heavy atom. The zero-order valence-corrected chi connectivity index (χ0v) is 27.1. The van der Waals surface area contributed by atoms with Gasteiger partial charge in [-0.2, -0.15) is 0 Å². The fraction of sp³-hybridized carbons (Fsp3) is 0.500. The molecule has 12 rings (SSSR count). The van der Waals surface area contributed by atoms with Gasteiger partial charge in [0.2, 0.25) is 0 Å². The predicted molar refractivity (Wildman–Crippen MR) is 176 cm³/mol. The van der Waals surface area contributed by atoms with Gasteiger partial charge in [0, 0.05) is 72.4 Å². The van der Waals surface area contributed by atoms with Crippen molar-refractivity contribution in [3.8, 4) is 0 Å². The first-order valence-electron chi connectivity index (χ1n) is 17.7. The Hall–Kier alpha value is -3.12. The van der Waals surface area contributed by atoms with E-state index in [1.54, 1.807) is 22.3 Å². The molecule has 2 aromatic rings. The van der Waals surface area contributed by atoms with E-state index in [4.69, 9.17) is 4.74 Å². The number of rotatable bonds is 0. The maximum atomic E-state index is 8.68. The van der Waals surface area contributed by atoms with Crippen LogP contribution in [0.2, 0.25) is 0 Å². The summed E-state index contributed by atoms with van der Waals surface area (Å²) >= 11 is 0. The van der Waals surface area contributed by atoms with Crippen LogP contribution in [0.15, 0.2) is 95.4 Å². The zero-order chi connectivity index (χ0) is 29.9. The summed E-state index contributed by atoms with van der Waals surface area (Å²) in [6.45, 7) is 9.36. The average Bonchev–Trinajstić information content (AvgIpc) is 3.72. The molecule has 4 saturated heterocycles. The fourth-order valence-corrected chi connectivity index (χ4v) is 14.4. The van der Waals surface area contributed by atoms with Crippen LogP contribution in [0.5, 0.6) is 0 Å². The highest BCUT2D eigenvalue weighted by Crippen LogP contribution is 2.79. The van der Waals surface area contributed by atoms with Crippen LogP contribution in [0.1, 0.15) is 50.7 Å². The Balaban J connectivity index is 1.26. The third-order valence-corrected chi connectivity index (χ3v) is 15.9. The molecule has 0 aromatic heterocycles. The van der Waals surface area contributed by atoms with Crippen LogP contribution >= 0.6 is 0 Å². The Morgan fingerprint density at radius 2 is 1.13 bits per heavy atom. The number of quaternary nitrogens is 2. The number of piperidine rings is 2. The lowest BCUT2D eigenvalue weighted by Crippen LogP contribution is -2.83. The molecule has 0 N–H and O–H groups in total. The number of hydrogen-bond acceptors (Lipinski definition) is 3. The number of nitrogens with zero attached hydrogens (tertiary/aromatic N) is 4. The molecule has 45 heavy (non-hydrogen) atoms. The van der Waals surface area contributed by atoms with Crippen molar-refractivity contribution in [1.82, 2.24) is 0 Å². The van der Waals surface area contributed by atoms with Crippen molar-refractivity contribution >= 4 is 11.4 Å². The zero-order valence-electron chi connectivity index (χ0n) is 27.1. The number of likely N-dealkylation sites (N-methyl/N-ethyl adjacent to an activating group) is 2. The van der Waals surface area contributed by atoms with Crippen LogP contribution in [-0.2, 0) is 15.6 Å². The lowest BCUT2D eigenvalue weighted by Gasteiger charge is -2.70. The minimum Gasteiger partial charge on any atom is -0.319 e. The maximum absolute atomic E-state index is 8.68. The molecule has 5 heteroatoms. The summed E-state index contributed by atoms with van der Waals surface area (Å²) in [5, 5.41) is 0. The molecule has 10 aliphatic rings. The molecule has 8 heterocycles. The molecule has 0 radical (unpaired) electrons. The van der Waals surface area contributed by atoms with Crippen molar-refractivity contribution in [2.45, 2.75) is 73.9 Å². The molecule has 5 nitrogen and oxygen atoms in total. The summed E-state index contributed by atoms with van der Waals surface area (Å²) < 4.78 is 11.0. The van der Waals surface area contributed by atoms with Gasteiger partial charge in [-0.1, -0.05) is 48.6 Å². The number of benzene rings is 2. The number of ether oxygens (including phenoxy) is 1. The SMILES string of the molecule is C/C=C1/C[N@+]2(C)CC[C@@]34c5ccccc5N5C=C6C7CC8[C@@]9(CC[N@@+]8(C)C/C7=C/C)c7ccccc7N7C=C(C1CC32)[C@]54O[C@@]679. The van der Waals surface area contributed by atoms with Gasteiger partial charge in [-0.3, -0.25) is 0 Å². The van der Waals surface area contributed by atoms with E-state index >= 15 is 0 Å². The molecule has 8 aliphatic heterocycles. The maximum Gasteiger partial charge on any atom is 0.188 e. The monoisotopic (exact) mass is 596 g/mol. The van der Waals surface area contributed by atoms with Gasteiger partial charge >= 0.3 is 0 Å². The summed E-state index contributed by atoms with van der Waals surface area (Å²) in [7, 11) is 5.15. The molecule has 6 fully saturated rings. The van der Waals surface area contributed by atoms with Gasteiger partial charge < -0.3 is 23.5 Å². The standard InChI is InChI=1S/C40H44N4O/c1-5-25-23-43(3)17-15-37-29-11-7-10-14-34(29)42-22-32-28-20-36-38(16-18-44(36,4)24-26(28)6-2)30-12-8-9-13-33(30)41-21-31(27(25)19-35(37)43)39(37,42)45-40(32,38)41/h5-14,21-22,27-28,35-36H,15-20,23-24H2,1-4H3/q+2/b25-5-,26-6-/t27?,28?,35?,36?,37-,38-,39-,40-,43+,44+/m1/s1. The van der Waals surface area contributed by atoms with E-state index in [0.29, 0.717) is 23.9 Å².